The van der Waals surface area contributed by atoms with Crippen molar-refractivity contribution in [2.75, 3.05) is 13.7 Å². The van der Waals surface area contributed by atoms with E-state index in [9.17, 15) is 0 Å². The molecule has 2 aromatic heterocycles. The second-order valence-corrected chi connectivity index (χ2v) is 4.40. The molecule has 17 heavy (non-hydrogen) atoms. The maximum atomic E-state index is 5.16. The summed E-state index contributed by atoms with van der Waals surface area (Å²) in [6.07, 6.45) is 5.24. The van der Waals surface area contributed by atoms with Crippen molar-refractivity contribution in [3.63, 3.8) is 0 Å². The predicted octanol–water partition coefficient (Wildman–Crippen LogP) is 1.03. The molecule has 5 nitrogen and oxygen atoms in total. The Morgan fingerprint density at radius 2 is 2.47 bits per heavy atom. The fraction of sp³-hybridized carbons (Fsp3) is 0.500. The summed E-state index contributed by atoms with van der Waals surface area (Å²) in [5.41, 5.74) is 0.874. The highest BCUT2D eigenvalue weighted by molar-refractivity contribution is 5.40. The van der Waals surface area contributed by atoms with Gasteiger partial charge in [0.2, 0.25) is 0 Å². The summed E-state index contributed by atoms with van der Waals surface area (Å²) >= 11 is 0. The third-order valence-corrected chi connectivity index (χ3v) is 3.17. The molecule has 0 bridgehead atoms. The molecular weight excluding hydrogens is 216 g/mol. The van der Waals surface area contributed by atoms with Crippen molar-refractivity contribution >= 4 is 5.65 Å². The van der Waals surface area contributed by atoms with Crippen LogP contribution in [0.15, 0.2) is 18.3 Å². The van der Waals surface area contributed by atoms with Gasteiger partial charge in [-0.2, -0.15) is 5.10 Å². The van der Waals surface area contributed by atoms with Crippen LogP contribution in [0.2, 0.25) is 0 Å². The molecule has 0 aliphatic carbocycles. The quantitative estimate of drug-likeness (QED) is 0.859. The third kappa shape index (κ3) is 2.10. The number of nitrogens with one attached hydrogen (secondary N) is 1. The minimum atomic E-state index is 0.536. The smallest absolute Gasteiger partial charge is 0.155 e. The van der Waals surface area contributed by atoms with Gasteiger partial charge in [-0.1, -0.05) is 0 Å². The normalized spacial score (nSPS) is 19.9. The van der Waals surface area contributed by atoms with Crippen molar-refractivity contribution < 1.29 is 4.74 Å². The first-order valence-electron chi connectivity index (χ1n) is 5.98. The summed E-state index contributed by atoms with van der Waals surface area (Å²) in [5, 5.41) is 7.93. The Morgan fingerprint density at radius 3 is 3.24 bits per heavy atom. The lowest BCUT2D eigenvalue weighted by molar-refractivity contribution is 0.411. The van der Waals surface area contributed by atoms with Gasteiger partial charge < -0.3 is 10.1 Å². The Balaban J connectivity index is 1.85. The van der Waals surface area contributed by atoms with Gasteiger partial charge in [-0.15, -0.1) is 0 Å². The van der Waals surface area contributed by atoms with Crippen LogP contribution in [0.1, 0.15) is 18.7 Å². The van der Waals surface area contributed by atoms with E-state index >= 15 is 0 Å². The van der Waals surface area contributed by atoms with E-state index < -0.39 is 0 Å². The van der Waals surface area contributed by atoms with E-state index in [1.807, 2.05) is 18.3 Å². The summed E-state index contributed by atoms with van der Waals surface area (Å²) in [7, 11) is 1.65. The highest BCUT2D eigenvalue weighted by Crippen LogP contribution is 2.13. The molecule has 5 heteroatoms. The van der Waals surface area contributed by atoms with E-state index in [0.29, 0.717) is 6.04 Å². The number of ether oxygens (including phenoxy) is 1. The van der Waals surface area contributed by atoms with E-state index in [4.69, 9.17) is 4.74 Å². The minimum Gasteiger partial charge on any atom is -0.495 e. The lowest BCUT2D eigenvalue weighted by Crippen LogP contribution is -2.24. The Labute approximate surface area is 99.8 Å². The number of methoxy groups -OCH3 is 1. The Morgan fingerprint density at radius 1 is 1.53 bits per heavy atom. The number of rotatable bonds is 3. The molecule has 1 aliphatic heterocycles. The van der Waals surface area contributed by atoms with Crippen molar-refractivity contribution in [3.05, 3.63) is 24.2 Å². The van der Waals surface area contributed by atoms with Gasteiger partial charge in [0.05, 0.1) is 13.3 Å². The van der Waals surface area contributed by atoms with E-state index in [2.05, 4.69) is 15.4 Å². The molecule has 0 spiro atoms. The van der Waals surface area contributed by atoms with Crippen molar-refractivity contribution in [3.8, 4) is 5.75 Å². The number of nitrogens with zero attached hydrogens (tertiary/aromatic N) is 3. The number of aromatic nitrogens is 3. The molecular formula is C12H16N4O. The van der Waals surface area contributed by atoms with Crippen LogP contribution in [-0.4, -0.2) is 34.3 Å². The van der Waals surface area contributed by atoms with Gasteiger partial charge in [0.25, 0.3) is 0 Å². The van der Waals surface area contributed by atoms with Gasteiger partial charge in [0.1, 0.15) is 5.75 Å². The topological polar surface area (TPSA) is 51.5 Å². The standard InChI is InChI=1S/C12H16N4O/c1-17-10-4-5-12-14-11(15-16(12)8-10)7-9-3-2-6-13-9/h4-5,8-9,13H,2-3,6-7H2,1H3. The Bertz CT molecular complexity index is 516. The second-order valence-electron chi connectivity index (χ2n) is 4.40. The molecule has 90 valence electrons. The van der Waals surface area contributed by atoms with Crippen LogP contribution in [0.25, 0.3) is 5.65 Å². The molecule has 1 unspecified atom stereocenters. The molecule has 0 aromatic carbocycles. The van der Waals surface area contributed by atoms with Crippen LogP contribution in [-0.2, 0) is 6.42 Å². The van der Waals surface area contributed by atoms with Gasteiger partial charge >= 0.3 is 0 Å². The van der Waals surface area contributed by atoms with Crippen molar-refractivity contribution in [2.45, 2.75) is 25.3 Å². The van der Waals surface area contributed by atoms with Gasteiger partial charge in [-0.25, -0.2) is 9.50 Å². The SMILES string of the molecule is COc1ccc2nc(CC3CCCN3)nn2c1. The van der Waals surface area contributed by atoms with Gasteiger partial charge in [0, 0.05) is 12.5 Å². The predicted molar refractivity (Wildman–Crippen MR) is 64.3 cm³/mol. The van der Waals surface area contributed by atoms with Gasteiger partial charge in [-0.05, 0) is 31.5 Å². The number of hydrogen-bond acceptors (Lipinski definition) is 4. The third-order valence-electron chi connectivity index (χ3n) is 3.17. The van der Waals surface area contributed by atoms with E-state index in [0.717, 1.165) is 30.2 Å². The summed E-state index contributed by atoms with van der Waals surface area (Å²) in [6.45, 7) is 1.12. The Hall–Kier alpha value is -1.62. The summed E-state index contributed by atoms with van der Waals surface area (Å²) in [4.78, 5) is 4.51. The molecule has 1 fully saturated rings. The monoisotopic (exact) mass is 232 g/mol. The van der Waals surface area contributed by atoms with Crippen molar-refractivity contribution in [1.82, 2.24) is 19.9 Å². The van der Waals surface area contributed by atoms with Crippen molar-refractivity contribution in [1.29, 1.82) is 0 Å². The molecule has 1 saturated heterocycles. The maximum absolute atomic E-state index is 5.16. The highest BCUT2D eigenvalue weighted by Gasteiger charge is 2.16. The molecule has 1 aliphatic rings. The van der Waals surface area contributed by atoms with Crippen LogP contribution < -0.4 is 10.1 Å². The van der Waals surface area contributed by atoms with Crippen LogP contribution >= 0.6 is 0 Å². The molecule has 3 heterocycles. The minimum absolute atomic E-state index is 0.536. The molecule has 0 amide bonds. The summed E-state index contributed by atoms with van der Waals surface area (Å²) in [6, 6.07) is 4.37. The molecule has 3 rings (SSSR count). The van der Waals surface area contributed by atoms with Crippen LogP contribution in [0.3, 0.4) is 0 Å². The largest absolute Gasteiger partial charge is 0.495 e. The first-order valence-corrected chi connectivity index (χ1v) is 5.98. The number of hydrogen-bond donors (Lipinski definition) is 1. The highest BCUT2D eigenvalue weighted by atomic mass is 16.5. The van der Waals surface area contributed by atoms with Crippen LogP contribution in [0.5, 0.6) is 5.75 Å². The zero-order chi connectivity index (χ0) is 11.7. The molecule has 0 saturated carbocycles. The first-order chi connectivity index (χ1) is 8.35. The van der Waals surface area contributed by atoms with E-state index in [-0.39, 0.29) is 0 Å². The van der Waals surface area contributed by atoms with Gasteiger partial charge in [0.15, 0.2) is 11.5 Å². The lowest BCUT2D eigenvalue weighted by atomic mass is 10.1. The molecule has 1 atom stereocenters. The number of fused-ring (bicyclic) bond motifs is 1. The molecule has 0 radical (unpaired) electrons. The van der Waals surface area contributed by atoms with E-state index in [1.165, 1.54) is 12.8 Å². The molecule has 2 aromatic rings. The second kappa shape index (κ2) is 4.33. The lowest BCUT2D eigenvalue weighted by Gasteiger charge is -2.05. The average molecular weight is 232 g/mol. The van der Waals surface area contributed by atoms with Crippen molar-refractivity contribution in [2.24, 2.45) is 0 Å². The fourth-order valence-corrected chi connectivity index (χ4v) is 2.27. The van der Waals surface area contributed by atoms with Crippen LogP contribution in [0.4, 0.5) is 0 Å². The van der Waals surface area contributed by atoms with E-state index in [1.54, 1.807) is 11.6 Å². The zero-order valence-corrected chi connectivity index (χ0v) is 9.89. The van der Waals surface area contributed by atoms with Crippen LogP contribution in [0, 0.1) is 0 Å². The average Bonchev–Trinajstić information content (AvgIpc) is 2.96. The molecule has 1 N–H and O–H groups in total. The Kier molecular flexibility index (Phi) is 2.68. The maximum Gasteiger partial charge on any atom is 0.155 e. The summed E-state index contributed by atoms with van der Waals surface area (Å²) < 4.78 is 6.94. The first kappa shape index (κ1) is 10.5. The summed E-state index contributed by atoms with van der Waals surface area (Å²) in [5.74, 6) is 1.70. The fourth-order valence-electron chi connectivity index (χ4n) is 2.27. The zero-order valence-electron chi connectivity index (χ0n) is 9.89. The van der Waals surface area contributed by atoms with Gasteiger partial charge in [-0.3, -0.25) is 0 Å². The number of pyridine rings is 1.